The number of hydrogen-bond acceptors (Lipinski definition) is 6. The van der Waals surface area contributed by atoms with E-state index in [-0.39, 0.29) is 11.7 Å². The molecule has 0 saturated carbocycles. The van der Waals surface area contributed by atoms with Crippen molar-refractivity contribution in [3.05, 3.63) is 52.8 Å². The average molecular weight is 373 g/mol. The Balaban J connectivity index is 1.76. The first kappa shape index (κ1) is 19.9. The quantitative estimate of drug-likeness (QED) is 0.457. The molecule has 0 aliphatic carbocycles. The number of carbonyl (C=O) groups excluding carboxylic acids is 2. The summed E-state index contributed by atoms with van der Waals surface area (Å²) in [5.74, 6) is -0.749. The number of aryl methyl sites for hydroxylation is 3. The summed E-state index contributed by atoms with van der Waals surface area (Å²) in [6, 6.07) is 9.73. The second-order valence-electron chi connectivity index (χ2n) is 6.06. The fraction of sp³-hybridized carbons (Fsp3) is 0.368. The zero-order valence-electron chi connectivity index (χ0n) is 15.4. The zero-order valence-corrected chi connectivity index (χ0v) is 16.2. The maximum atomic E-state index is 12.1. The van der Waals surface area contributed by atoms with Crippen LogP contribution in [-0.2, 0) is 20.9 Å². The molecule has 2 rings (SSSR count). The maximum absolute atomic E-state index is 12.1. The van der Waals surface area contributed by atoms with Gasteiger partial charge >= 0.3 is 5.97 Å². The van der Waals surface area contributed by atoms with E-state index in [4.69, 9.17) is 4.74 Å². The highest BCUT2D eigenvalue weighted by atomic mass is 32.2. The number of rotatable bonds is 7. The van der Waals surface area contributed by atoms with Crippen LogP contribution in [0, 0.1) is 20.8 Å². The van der Waals surface area contributed by atoms with Crippen molar-refractivity contribution in [2.75, 3.05) is 5.75 Å². The van der Waals surface area contributed by atoms with Crippen LogP contribution >= 0.6 is 11.8 Å². The number of nitrogens with zero attached hydrogens (tertiary/aromatic N) is 2. The van der Waals surface area contributed by atoms with Crippen LogP contribution in [-0.4, -0.2) is 33.7 Å². The van der Waals surface area contributed by atoms with Crippen LogP contribution in [0.15, 0.2) is 35.5 Å². The minimum absolute atomic E-state index is 0.0540. The fourth-order valence-electron chi connectivity index (χ4n) is 2.21. The number of hydrogen-bond donors (Lipinski definition) is 1. The Morgan fingerprint density at radius 1 is 1.12 bits per heavy atom. The number of nitrogens with one attached hydrogen (secondary N) is 1. The summed E-state index contributed by atoms with van der Waals surface area (Å²) >= 11 is 1.19. The molecule has 0 aliphatic rings. The van der Waals surface area contributed by atoms with Gasteiger partial charge in [-0.3, -0.25) is 9.59 Å². The molecule has 6 nitrogen and oxygen atoms in total. The Morgan fingerprint density at radius 2 is 1.73 bits per heavy atom. The van der Waals surface area contributed by atoms with Gasteiger partial charge in [0, 0.05) is 17.9 Å². The van der Waals surface area contributed by atoms with Crippen molar-refractivity contribution in [1.29, 1.82) is 0 Å². The molecule has 1 N–H and O–H groups in total. The second-order valence-corrected chi connectivity index (χ2v) is 7.00. The third-order valence-electron chi connectivity index (χ3n) is 3.55. The van der Waals surface area contributed by atoms with E-state index in [0.29, 0.717) is 11.7 Å². The lowest BCUT2D eigenvalue weighted by molar-refractivity contribution is -0.152. The van der Waals surface area contributed by atoms with Gasteiger partial charge in [0.05, 0.1) is 5.75 Å². The van der Waals surface area contributed by atoms with Crippen LogP contribution in [0.5, 0.6) is 0 Å². The Labute approximate surface area is 157 Å². The topological polar surface area (TPSA) is 81.2 Å². The summed E-state index contributed by atoms with van der Waals surface area (Å²) in [4.78, 5) is 32.5. The molecule has 1 aromatic heterocycles. The predicted molar refractivity (Wildman–Crippen MR) is 101 cm³/mol. The van der Waals surface area contributed by atoms with Gasteiger partial charge in [0.1, 0.15) is 0 Å². The minimum atomic E-state index is -0.853. The lowest BCUT2D eigenvalue weighted by Crippen LogP contribution is -2.35. The Hall–Kier alpha value is -2.41. The van der Waals surface area contributed by atoms with Crippen molar-refractivity contribution in [2.45, 2.75) is 45.5 Å². The molecule has 0 saturated heterocycles. The molecule has 7 heteroatoms. The average Bonchev–Trinajstić information content (AvgIpc) is 2.58. The summed E-state index contributed by atoms with van der Waals surface area (Å²) in [7, 11) is 0. The van der Waals surface area contributed by atoms with Gasteiger partial charge in [-0.25, -0.2) is 9.97 Å². The first-order chi connectivity index (χ1) is 12.3. The van der Waals surface area contributed by atoms with Crippen LogP contribution in [0.25, 0.3) is 0 Å². The predicted octanol–water partition coefficient (Wildman–Crippen LogP) is 2.74. The smallest absolute Gasteiger partial charge is 0.317 e. The van der Waals surface area contributed by atoms with E-state index in [0.717, 1.165) is 22.5 Å². The molecule has 1 atom stereocenters. The van der Waals surface area contributed by atoms with Gasteiger partial charge < -0.3 is 10.1 Å². The van der Waals surface area contributed by atoms with Gasteiger partial charge in [-0.2, -0.15) is 0 Å². The second kappa shape index (κ2) is 9.33. The van der Waals surface area contributed by atoms with E-state index in [2.05, 4.69) is 15.3 Å². The lowest BCUT2D eigenvalue weighted by Gasteiger charge is -2.13. The van der Waals surface area contributed by atoms with Crippen molar-refractivity contribution >= 4 is 23.6 Å². The molecule has 0 radical (unpaired) electrons. The highest BCUT2D eigenvalue weighted by Crippen LogP contribution is 2.14. The molecule has 2 aromatic rings. The number of carbonyl (C=O) groups is 2. The number of benzene rings is 1. The first-order valence-corrected chi connectivity index (χ1v) is 9.30. The fourth-order valence-corrected chi connectivity index (χ4v) is 2.94. The van der Waals surface area contributed by atoms with Gasteiger partial charge in [-0.05, 0) is 39.3 Å². The van der Waals surface area contributed by atoms with Gasteiger partial charge in [-0.15, -0.1) is 0 Å². The molecule has 0 spiro atoms. The van der Waals surface area contributed by atoms with Crippen LogP contribution in [0.3, 0.4) is 0 Å². The van der Waals surface area contributed by atoms with Crippen molar-refractivity contribution in [2.24, 2.45) is 0 Å². The first-order valence-electron chi connectivity index (χ1n) is 8.31. The summed E-state index contributed by atoms with van der Waals surface area (Å²) in [5, 5.41) is 3.29. The summed E-state index contributed by atoms with van der Waals surface area (Å²) in [5.41, 5.74) is 3.84. The van der Waals surface area contributed by atoms with Crippen LogP contribution in [0.4, 0.5) is 0 Å². The SMILES string of the molecule is Cc1ccc(CNC(=O)[C@H](C)OC(=O)CSc2nc(C)cc(C)n2)cc1. The third kappa shape index (κ3) is 6.48. The van der Waals surface area contributed by atoms with Gasteiger partial charge in [0.15, 0.2) is 11.3 Å². The molecular formula is C19H23N3O3S. The van der Waals surface area contributed by atoms with E-state index in [1.54, 1.807) is 6.92 Å². The van der Waals surface area contributed by atoms with E-state index in [1.807, 2.05) is 51.1 Å². The molecule has 1 amide bonds. The number of esters is 1. The molecule has 26 heavy (non-hydrogen) atoms. The molecule has 0 bridgehead atoms. The van der Waals surface area contributed by atoms with E-state index >= 15 is 0 Å². The molecule has 0 aliphatic heterocycles. The van der Waals surface area contributed by atoms with Crippen molar-refractivity contribution in [3.8, 4) is 0 Å². The molecular weight excluding hydrogens is 350 g/mol. The Bertz CT molecular complexity index is 758. The molecule has 138 valence electrons. The standard InChI is InChI=1S/C19H23N3O3S/c1-12-5-7-16(8-6-12)10-20-18(24)15(4)25-17(23)11-26-19-21-13(2)9-14(3)22-19/h5-9,15H,10-11H2,1-4H3,(H,20,24)/t15-/m0/s1. The van der Waals surface area contributed by atoms with Gasteiger partial charge in [-0.1, -0.05) is 41.6 Å². The molecule has 0 unspecified atom stereocenters. The molecule has 0 fully saturated rings. The highest BCUT2D eigenvalue weighted by molar-refractivity contribution is 7.99. The van der Waals surface area contributed by atoms with Crippen molar-refractivity contribution < 1.29 is 14.3 Å². The lowest BCUT2D eigenvalue weighted by atomic mass is 10.1. The van der Waals surface area contributed by atoms with Gasteiger partial charge in [0.25, 0.3) is 5.91 Å². The summed E-state index contributed by atoms with van der Waals surface area (Å²) in [6.07, 6.45) is -0.853. The highest BCUT2D eigenvalue weighted by Gasteiger charge is 2.18. The van der Waals surface area contributed by atoms with Crippen LogP contribution in [0.1, 0.15) is 29.4 Å². The molecule has 1 heterocycles. The van der Waals surface area contributed by atoms with E-state index < -0.39 is 12.1 Å². The van der Waals surface area contributed by atoms with E-state index in [9.17, 15) is 9.59 Å². The number of thioether (sulfide) groups is 1. The largest absolute Gasteiger partial charge is 0.452 e. The normalized spacial score (nSPS) is 11.7. The van der Waals surface area contributed by atoms with Crippen LogP contribution < -0.4 is 5.32 Å². The van der Waals surface area contributed by atoms with Gasteiger partial charge in [0.2, 0.25) is 0 Å². The summed E-state index contributed by atoms with van der Waals surface area (Å²) in [6.45, 7) is 7.70. The monoisotopic (exact) mass is 373 g/mol. The van der Waals surface area contributed by atoms with Crippen molar-refractivity contribution in [3.63, 3.8) is 0 Å². The number of amides is 1. The Kier molecular flexibility index (Phi) is 7.15. The number of aromatic nitrogens is 2. The third-order valence-corrected chi connectivity index (χ3v) is 4.37. The summed E-state index contributed by atoms with van der Waals surface area (Å²) < 4.78 is 5.17. The van der Waals surface area contributed by atoms with Crippen molar-refractivity contribution in [1.82, 2.24) is 15.3 Å². The van der Waals surface area contributed by atoms with Crippen LogP contribution in [0.2, 0.25) is 0 Å². The minimum Gasteiger partial charge on any atom is -0.452 e. The van der Waals surface area contributed by atoms with E-state index in [1.165, 1.54) is 11.8 Å². The Morgan fingerprint density at radius 3 is 2.35 bits per heavy atom. The molecule has 1 aromatic carbocycles. The zero-order chi connectivity index (χ0) is 19.1. The number of ether oxygens (including phenoxy) is 1. The maximum Gasteiger partial charge on any atom is 0.317 e.